The molecule has 1 saturated carbocycles. The first kappa shape index (κ1) is 23.2. The molecular weight excluding hydrogens is 452 g/mol. The third kappa shape index (κ3) is 5.17. The smallest absolute Gasteiger partial charge is 0.229 e. The molecular formula is C27H34N8O. The van der Waals surface area contributed by atoms with E-state index < -0.39 is 0 Å². The van der Waals surface area contributed by atoms with Gasteiger partial charge in [0.25, 0.3) is 0 Å². The molecule has 3 aliphatic rings. The van der Waals surface area contributed by atoms with Crippen molar-refractivity contribution in [3.8, 4) is 0 Å². The third-order valence-corrected chi connectivity index (χ3v) is 7.57. The molecule has 3 aromatic heterocycles. The molecule has 2 saturated heterocycles. The average Bonchev–Trinajstić information content (AvgIpc) is 3.36. The predicted molar refractivity (Wildman–Crippen MR) is 141 cm³/mol. The Kier molecular flexibility index (Phi) is 6.74. The van der Waals surface area contributed by atoms with Gasteiger partial charge in [0.05, 0.1) is 0 Å². The van der Waals surface area contributed by atoms with Crippen molar-refractivity contribution in [1.82, 2.24) is 30.2 Å². The number of nitrogens with one attached hydrogen (secondary N) is 2. The molecule has 0 aromatic carbocycles. The minimum Gasteiger partial charge on any atom is -0.355 e. The lowest BCUT2D eigenvalue weighted by Crippen LogP contribution is -2.42. The van der Waals surface area contributed by atoms with Crippen molar-refractivity contribution in [1.29, 1.82) is 0 Å². The highest BCUT2D eigenvalue weighted by molar-refractivity contribution is 5.90. The van der Waals surface area contributed by atoms with Crippen molar-refractivity contribution in [3.05, 3.63) is 41.9 Å². The van der Waals surface area contributed by atoms with Gasteiger partial charge in [-0.25, -0.2) is 19.9 Å². The first-order valence-corrected chi connectivity index (χ1v) is 13.3. The van der Waals surface area contributed by atoms with Gasteiger partial charge in [-0.1, -0.05) is 6.07 Å². The van der Waals surface area contributed by atoms with E-state index in [4.69, 9.17) is 9.97 Å². The molecule has 2 N–H and O–H groups in total. The molecule has 188 valence electrons. The second-order valence-electron chi connectivity index (χ2n) is 10.2. The fraction of sp³-hybridized carbons (Fsp3) is 0.519. The Morgan fingerprint density at radius 2 is 1.86 bits per heavy atom. The molecule has 9 heteroatoms. The number of pyridine rings is 2. The molecule has 36 heavy (non-hydrogen) atoms. The summed E-state index contributed by atoms with van der Waals surface area (Å²) in [6, 6.07) is 6.20. The van der Waals surface area contributed by atoms with E-state index in [0.29, 0.717) is 24.6 Å². The van der Waals surface area contributed by atoms with Crippen molar-refractivity contribution in [2.24, 2.45) is 0 Å². The summed E-state index contributed by atoms with van der Waals surface area (Å²) >= 11 is 0. The number of anilines is 3. The van der Waals surface area contributed by atoms with Crippen molar-refractivity contribution >= 4 is 34.3 Å². The fourth-order valence-corrected chi connectivity index (χ4v) is 5.54. The average molecular weight is 487 g/mol. The third-order valence-electron chi connectivity index (χ3n) is 7.57. The highest BCUT2D eigenvalue weighted by Gasteiger charge is 2.27. The van der Waals surface area contributed by atoms with Gasteiger partial charge < -0.3 is 15.5 Å². The number of hydrogen-bond acceptors (Lipinski definition) is 9. The Bertz CT molecular complexity index is 1220. The second kappa shape index (κ2) is 10.4. The van der Waals surface area contributed by atoms with Crippen LogP contribution in [-0.4, -0.2) is 69.9 Å². The Morgan fingerprint density at radius 3 is 2.61 bits per heavy atom. The van der Waals surface area contributed by atoms with Gasteiger partial charge in [0, 0.05) is 88.0 Å². The molecule has 0 spiro atoms. The zero-order valence-electron chi connectivity index (χ0n) is 20.7. The Hall–Kier alpha value is -3.17. The molecule has 0 radical (unpaired) electrons. The number of aromatic nitrogens is 4. The summed E-state index contributed by atoms with van der Waals surface area (Å²) in [4.78, 5) is 35.9. The zero-order valence-corrected chi connectivity index (χ0v) is 20.7. The van der Waals surface area contributed by atoms with E-state index in [1.54, 1.807) is 0 Å². The maximum atomic E-state index is 11.9. The van der Waals surface area contributed by atoms with Gasteiger partial charge in [0.15, 0.2) is 5.82 Å². The van der Waals surface area contributed by atoms with Gasteiger partial charge >= 0.3 is 0 Å². The SMILES string of the molecule is O=C1CCC(c2cc3cnc(Nc4ccc(CN5CCNCC5)cn4)nc3c(N3CCCCC3)n2)C1. The number of carbonyl (C=O) groups excluding carboxylic acids is 1. The molecule has 2 aliphatic heterocycles. The lowest BCUT2D eigenvalue weighted by atomic mass is 10.0. The summed E-state index contributed by atoms with van der Waals surface area (Å²) in [7, 11) is 0. The van der Waals surface area contributed by atoms with Gasteiger partial charge in [-0.2, -0.15) is 0 Å². The number of hydrogen-bond donors (Lipinski definition) is 2. The Balaban J connectivity index is 1.25. The molecule has 6 rings (SSSR count). The van der Waals surface area contributed by atoms with Crippen LogP contribution in [0.4, 0.5) is 17.6 Å². The van der Waals surface area contributed by atoms with Crippen molar-refractivity contribution in [3.63, 3.8) is 0 Å². The van der Waals surface area contributed by atoms with Crippen LogP contribution in [0.25, 0.3) is 10.9 Å². The van der Waals surface area contributed by atoms with E-state index in [1.165, 1.54) is 12.0 Å². The molecule has 3 fully saturated rings. The molecule has 5 heterocycles. The van der Waals surface area contributed by atoms with Crippen LogP contribution in [0.2, 0.25) is 0 Å². The minimum absolute atomic E-state index is 0.201. The first-order valence-electron chi connectivity index (χ1n) is 13.3. The number of fused-ring (bicyclic) bond motifs is 1. The van der Waals surface area contributed by atoms with Gasteiger partial charge in [-0.3, -0.25) is 9.69 Å². The number of Topliss-reactive ketones (excluding diaryl/α,β-unsaturated/α-hetero) is 1. The zero-order chi connectivity index (χ0) is 24.3. The molecule has 9 nitrogen and oxygen atoms in total. The normalized spacial score (nSPS) is 21.3. The maximum Gasteiger partial charge on any atom is 0.229 e. The maximum absolute atomic E-state index is 11.9. The standard InChI is InChI=1S/C27H34N8O/c36-22-6-5-20(14-22)23-15-21-17-30-27(33-25(21)26(31-23)35-10-2-1-3-11-35)32-24-7-4-19(16-29-24)18-34-12-8-28-9-13-34/h4,7,15-17,20,28H,1-3,5-6,8-14,18H2,(H,29,30,32,33). The van der Waals surface area contributed by atoms with E-state index in [0.717, 1.165) is 93.3 Å². The lowest BCUT2D eigenvalue weighted by Gasteiger charge is -2.29. The number of nitrogens with zero attached hydrogens (tertiary/aromatic N) is 6. The van der Waals surface area contributed by atoms with E-state index in [-0.39, 0.29) is 5.92 Å². The highest BCUT2D eigenvalue weighted by atomic mass is 16.1. The van der Waals surface area contributed by atoms with Crippen LogP contribution in [0.15, 0.2) is 30.6 Å². The quantitative estimate of drug-likeness (QED) is 0.543. The molecule has 0 amide bonds. The summed E-state index contributed by atoms with van der Waals surface area (Å²) in [6.45, 7) is 7.10. The molecule has 1 unspecified atom stereocenters. The highest BCUT2D eigenvalue weighted by Crippen LogP contribution is 2.35. The van der Waals surface area contributed by atoms with Gasteiger partial charge in [-0.05, 0) is 43.4 Å². The van der Waals surface area contributed by atoms with Gasteiger partial charge in [0.2, 0.25) is 5.95 Å². The lowest BCUT2D eigenvalue weighted by molar-refractivity contribution is -0.117. The largest absolute Gasteiger partial charge is 0.355 e. The molecule has 1 aliphatic carbocycles. The fourth-order valence-electron chi connectivity index (χ4n) is 5.54. The summed E-state index contributed by atoms with van der Waals surface area (Å²) in [5.74, 6) is 2.71. The van der Waals surface area contributed by atoms with Crippen LogP contribution >= 0.6 is 0 Å². The molecule has 0 bridgehead atoms. The van der Waals surface area contributed by atoms with E-state index >= 15 is 0 Å². The van der Waals surface area contributed by atoms with Crippen LogP contribution < -0.4 is 15.5 Å². The van der Waals surface area contributed by atoms with Crippen molar-refractivity contribution in [2.75, 3.05) is 49.5 Å². The number of ketones is 1. The summed E-state index contributed by atoms with van der Waals surface area (Å²) in [5.41, 5.74) is 3.06. The van der Waals surface area contributed by atoms with Crippen LogP contribution in [-0.2, 0) is 11.3 Å². The minimum atomic E-state index is 0.201. The number of rotatable bonds is 6. The van der Waals surface area contributed by atoms with E-state index in [1.807, 2.05) is 18.5 Å². The van der Waals surface area contributed by atoms with Gasteiger partial charge in [-0.15, -0.1) is 0 Å². The van der Waals surface area contributed by atoms with Crippen molar-refractivity contribution < 1.29 is 4.79 Å². The number of piperazine rings is 1. The topological polar surface area (TPSA) is 99.2 Å². The van der Waals surface area contributed by atoms with E-state index in [2.05, 4.69) is 42.5 Å². The monoisotopic (exact) mass is 486 g/mol. The van der Waals surface area contributed by atoms with Crippen LogP contribution in [0, 0.1) is 0 Å². The number of carbonyl (C=O) groups is 1. The van der Waals surface area contributed by atoms with Gasteiger partial charge in [0.1, 0.15) is 17.1 Å². The van der Waals surface area contributed by atoms with Crippen LogP contribution in [0.1, 0.15) is 55.7 Å². The molecule has 3 aromatic rings. The van der Waals surface area contributed by atoms with Crippen LogP contribution in [0.5, 0.6) is 0 Å². The molecule has 1 atom stereocenters. The van der Waals surface area contributed by atoms with E-state index in [9.17, 15) is 4.79 Å². The van der Waals surface area contributed by atoms with Crippen LogP contribution in [0.3, 0.4) is 0 Å². The van der Waals surface area contributed by atoms with Crippen molar-refractivity contribution in [2.45, 2.75) is 51.0 Å². The summed E-state index contributed by atoms with van der Waals surface area (Å²) < 4.78 is 0. The predicted octanol–water partition coefficient (Wildman–Crippen LogP) is 3.40. The summed E-state index contributed by atoms with van der Waals surface area (Å²) in [6.07, 6.45) is 9.51. The second-order valence-corrected chi connectivity index (χ2v) is 10.2. The number of piperidine rings is 1. The Morgan fingerprint density at radius 1 is 1.00 bits per heavy atom. The first-order chi connectivity index (χ1) is 17.7. The Labute approximate surface area is 211 Å². The summed E-state index contributed by atoms with van der Waals surface area (Å²) in [5, 5.41) is 7.65.